The molecule has 0 fully saturated rings. The van der Waals surface area contributed by atoms with E-state index in [1.165, 1.54) is 35.0 Å². The predicted octanol–water partition coefficient (Wildman–Crippen LogP) is 4.34. The molecule has 0 aliphatic rings. The van der Waals surface area contributed by atoms with E-state index in [0.29, 0.717) is 15.9 Å². The number of carbonyl (C=O) groups is 1. The van der Waals surface area contributed by atoms with Gasteiger partial charge in [0.1, 0.15) is 10.2 Å². The number of carboxylic acid groups (broad SMARTS) is 1. The first-order chi connectivity index (χ1) is 9.45. The van der Waals surface area contributed by atoms with E-state index in [2.05, 4.69) is 23.2 Å². The summed E-state index contributed by atoms with van der Waals surface area (Å²) < 4.78 is 0. The smallest absolute Gasteiger partial charge is 0.338 e. The normalized spacial score (nSPS) is 10.6. The zero-order valence-electron chi connectivity index (χ0n) is 11.2. The van der Waals surface area contributed by atoms with E-state index in [4.69, 9.17) is 16.7 Å². The van der Waals surface area contributed by atoms with Crippen molar-refractivity contribution in [2.45, 2.75) is 24.6 Å². The highest BCUT2D eigenvalue weighted by molar-refractivity contribution is 7.98. The summed E-state index contributed by atoms with van der Waals surface area (Å²) in [4.78, 5) is 15.3. The molecule has 0 radical (unpaired) electrons. The van der Waals surface area contributed by atoms with Gasteiger partial charge < -0.3 is 5.11 Å². The average Bonchev–Trinajstić information content (AvgIpc) is 2.35. The molecule has 0 saturated carbocycles. The molecule has 0 amide bonds. The molecule has 0 spiro atoms. The number of rotatable bonds is 4. The number of hydrogen-bond donors (Lipinski definition) is 1. The van der Waals surface area contributed by atoms with Crippen molar-refractivity contribution in [1.82, 2.24) is 4.98 Å². The van der Waals surface area contributed by atoms with E-state index >= 15 is 0 Å². The lowest BCUT2D eigenvalue weighted by molar-refractivity contribution is 0.0692. The Morgan fingerprint density at radius 2 is 1.90 bits per heavy atom. The van der Waals surface area contributed by atoms with Gasteiger partial charge in [-0.3, -0.25) is 0 Å². The van der Waals surface area contributed by atoms with Crippen LogP contribution in [0.3, 0.4) is 0 Å². The van der Waals surface area contributed by atoms with Gasteiger partial charge in [-0.05, 0) is 31.5 Å². The van der Waals surface area contributed by atoms with E-state index in [1.54, 1.807) is 0 Å². The molecule has 2 rings (SSSR count). The lowest BCUT2D eigenvalue weighted by atomic mass is 10.1. The largest absolute Gasteiger partial charge is 0.478 e. The molecule has 0 aliphatic heterocycles. The van der Waals surface area contributed by atoms with Crippen LogP contribution in [-0.4, -0.2) is 16.1 Å². The van der Waals surface area contributed by atoms with Crippen LogP contribution in [0.25, 0.3) is 0 Å². The molecule has 20 heavy (non-hydrogen) atoms. The van der Waals surface area contributed by atoms with Gasteiger partial charge in [-0.15, -0.1) is 11.8 Å². The maximum atomic E-state index is 11.2. The maximum Gasteiger partial charge on any atom is 0.338 e. The standard InChI is InChI=1S/C15H14ClNO2S/c1-9-5-10(2)7-11(6-9)8-20-14-12(15(18)19)3-4-13(16)17-14/h3-7H,8H2,1-2H3,(H,18,19). The van der Waals surface area contributed by atoms with E-state index < -0.39 is 5.97 Å². The van der Waals surface area contributed by atoms with Gasteiger partial charge in [-0.1, -0.05) is 40.9 Å². The topological polar surface area (TPSA) is 50.2 Å². The summed E-state index contributed by atoms with van der Waals surface area (Å²) in [6, 6.07) is 9.26. The molecule has 3 nitrogen and oxygen atoms in total. The molecule has 1 N–H and O–H groups in total. The minimum absolute atomic E-state index is 0.184. The van der Waals surface area contributed by atoms with E-state index in [0.717, 1.165) is 5.56 Å². The highest BCUT2D eigenvalue weighted by Gasteiger charge is 2.12. The molecular weight excluding hydrogens is 294 g/mol. The Hall–Kier alpha value is -1.52. The fraction of sp³-hybridized carbons (Fsp3) is 0.200. The fourth-order valence-electron chi connectivity index (χ4n) is 1.99. The summed E-state index contributed by atoms with van der Waals surface area (Å²) in [5.41, 5.74) is 3.71. The van der Waals surface area contributed by atoms with Gasteiger partial charge in [0.15, 0.2) is 0 Å². The van der Waals surface area contributed by atoms with Gasteiger partial charge in [0.2, 0.25) is 0 Å². The lowest BCUT2D eigenvalue weighted by Gasteiger charge is -2.07. The monoisotopic (exact) mass is 307 g/mol. The molecule has 1 aromatic heterocycles. The molecule has 0 unspecified atom stereocenters. The highest BCUT2D eigenvalue weighted by Crippen LogP contribution is 2.27. The third-order valence-corrected chi connectivity index (χ3v) is 3.99. The number of halogens is 1. The molecule has 104 valence electrons. The summed E-state index contributed by atoms with van der Waals surface area (Å²) in [5, 5.41) is 9.90. The van der Waals surface area contributed by atoms with Crippen LogP contribution in [0.2, 0.25) is 5.15 Å². The van der Waals surface area contributed by atoms with Crippen LogP contribution in [-0.2, 0) is 5.75 Å². The first-order valence-electron chi connectivity index (χ1n) is 6.05. The Labute approximate surface area is 127 Å². The summed E-state index contributed by atoms with van der Waals surface area (Å²) in [6.07, 6.45) is 0. The Kier molecular flexibility index (Phi) is 4.68. The van der Waals surface area contributed by atoms with Gasteiger partial charge in [-0.2, -0.15) is 0 Å². The van der Waals surface area contributed by atoms with Crippen LogP contribution in [0, 0.1) is 13.8 Å². The zero-order chi connectivity index (χ0) is 14.7. The van der Waals surface area contributed by atoms with Crippen molar-refractivity contribution in [1.29, 1.82) is 0 Å². The van der Waals surface area contributed by atoms with E-state index in [9.17, 15) is 4.79 Å². The number of thioether (sulfide) groups is 1. The molecule has 0 bridgehead atoms. The second kappa shape index (κ2) is 6.29. The molecule has 5 heteroatoms. The minimum atomic E-state index is -0.989. The van der Waals surface area contributed by atoms with Crippen molar-refractivity contribution in [3.8, 4) is 0 Å². The first-order valence-corrected chi connectivity index (χ1v) is 7.42. The van der Waals surface area contributed by atoms with Gasteiger partial charge in [0.05, 0.1) is 5.56 Å². The Balaban J connectivity index is 2.22. The number of aromatic nitrogens is 1. The van der Waals surface area contributed by atoms with Crippen LogP contribution in [0.15, 0.2) is 35.4 Å². The number of nitrogens with zero attached hydrogens (tertiary/aromatic N) is 1. The quantitative estimate of drug-likeness (QED) is 0.674. The lowest BCUT2D eigenvalue weighted by Crippen LogP contribution is -2.01. The van der Waals surface area contributed by atoms with Crippen molar-refractivity contribution in [2.24, 2.45) is 0 Å². The molecule has 0 atom stereocenters. The summed E-state index contributed by atoms with van der Waals surface area (Å²) in [5.74, 6) is -0.326. The second-order valence-electron chi connectivity index (χ2n) is 4.58. The van der Waals surface area contributed by atoms with Crippen molar-refractivity contribution in [2.75, 3.05) is 0 Å². The molecule has 2 aromatic rings. The highest BCUT2D eigenvalue weighted by atomic mass is 35.5. The molecule has 0 aliphatic carbocycles. The number of carboxylic acids is 1. The van der Waals surface area contributed by atoms with Gasteiger partial charge in [-0.25, -0.2) is 9.78 Å². The van der Waals surface area contributed by atoms with E-state index in [-0.39, 0.29) is 5.56 Å². The molecule has 1 aromatic carbocycles. The number of pyridine rings is 1. The van der Waals surface area contributed by atoms with Crippen LogP contribution < -0.4 is 0 Å². The van der Waals surface area contributed by atoms with Crippen LogP contribution in [0.4, 0.5) is 0 Å². The van der Waals surface area contributed by atoms with Gasteiger partial charge >= 0.3 is 5.97 Å². The molecule has 1 heterocycles. The Bertz CT molecular complexity index is 638. The van der Waals surface area contributed by atoms with Crippen LogP contribution in [0.5, 0.6) is 0 Å². The summed E-state index contributed by atoms with van der Waals surface area (Å²) in [6.45, 7) is 4.09. The minimum Gasteiger partial charge on any atom is -0.478 e. The number of benzene rings is 1. The third-order valence-electron chi connectivity index (χ3n) is 2.71. The van der Waals surface area contributed by atoms with E-state index in [1.807, 2.05) is 13.8 Å². The number of hydrogen-bond acceptors (Lipinski definition) is 3. The summed E-state index contributed by atoms with van der Waals surface area (Å²) >= 11 is 7.22. The summed E-state index contributed by atoms with van der Waals surface area (Å²) in [7, 11) is 0. The third kappa shape index (κ3) is 3.74. The Morgan fingerprint density at radius 3 is 2.50 bits per heavy atom. The van der Waals surface area contributed by atoms with Crippen LogP contribution >= 0.6 is 23.4 Å². The maximum absolute atomic E-state index is 11.2. The predicted molar refractivity (Wildman–Crippen MR) is 81.7 cm³/mol. The SMILES string of the molecule is Cc1cc(C)cc(CSc2nc(Cl)ccc2C(=O)O)c1. The number of aryl methyl sites for hydroxylation is 2. The van der Waals surface area contributed by atoms with Crippen LogP contribution in [0.1, 0.15) is 27.0 Å². The first kappa shape index (κ1) is 14.9. The second-order valence-corrected chi connectivity index (χ2v) is 5.93. The van der Waals surface area contributed by atoms with Crippen molar-refractivity contribution in [3.05, 3.63) is 57.7 Å². The Morgan fingerprint density at radius 1 is 1.25 bits per heavy atom. The van der Waals surface area contributed by atoms with Crippen molar-refractivity contribution < 1.29 is 9.90 Å². The number of aromatic carboxylic acids is 1. The van der Waals surface area contributed by atoms with Crippen molar-refractivity contribution >= 4 is 29.3 Å². The average molecular weight is 308 g/mol. The zero-order valence-corrected chi connectivity index (χ0v) is 12.8. The fourth-order valence-corrected chi connectivity index (χ4v) is 3.14. The molecular formula is C15H14ClNO2S. The van der Waals surface area contributed by atoms with Crippen molar-refractivity contribution in [3.63, 3.8) is 0 Å². The van der Waals surface area contributed by atoms with Gasteiger partial charge in [0, 0.05) is 5.75 Å². The van der Waals surface area contributed by atoms with Gasteiger partial charge in [0.25, 0.3) is 0 Å². The molecule has 0 saturated heterocycles.